The highest BCUT2D eigenvalue weighted by Gasteiger charge is 2.17. The second-order valence-electron chi connectivity index (χ2n) is 5.09. The molecule has 1 N–H and O–H groups in total. The van der Waals surface area contributed by atoms with E-state index < -0.39 is 5.97 Å². The number of aryl methyl sites for hydroxylation is 4. The van der Waals surface area contributed by atoms with Gasteiger partial charge >= 0.3 is 5.97 Å². The Bertz CT molecular complexity index is 638. The summed E-state index contributed by atoms with van der Waals surface area (Å²) < 4.78 is 2.23. The maximum Gasteiger partial charge on any atom is 0.335 e. The summed E-state index contributed by atoms with van der Waals surface area (Å²) in [7, 11) is 0. The zero-order valence-electron chi connectivity index (χ0n) is 12.1. The van der Waals surface area contributed by atoms with Crippen LogP contribution in [-0.4, -0.2) is 15.6 Å². The van der Waals surface area contributed by atoms with Gasteiger partial charge in [-0.05, 0) is 49.9 Å². The van der Waals surface area contributed by atoms with Crippen LogP contribution in [0.15, 0.2) is 12.3 Å². The van der Waals surface area contributed by atoms with Gasteiger partial charge in [-0.3, -0.25) is 0 Å². The Kier molecular flexibility index (Phi) is 3.65. The van der Waals surface area contributed by atoms with Crippen LogP contribution in [0.5, 0.6) is 0 Å². The molecule has 0 atom stereocenters. The summed E-state index contributed by atoms with van der Waals surface area (Å²) in [6, 6.07) is 1.79. The molecule has 3 nitrogen and oxygen atoms in total. The summed E-state index contributed by atoms with van der Waals surface area (Å²) in [5, 5.41) is 10.5. The highest BCUT2D eigenvalue weighted by Crippen LogP contribution is 2.31. The van der Waals surface area contributed by atoms with Gasteiger partial charge in [0.05, 0.1) is 11.1 Å². The molecular formula is C16H21NO2. The summed E-state index contributed by atoms with van der Waals surface area (Å²) in [6.07, 6.45) is 4.24. The third-order valence-electron chi connectivity index (χ3n) is 3.76. The Balaban J connectivity index is 2.87. The van der Waals surface area contributed by atoms with Gasteiger partial charge in [0.1, 0.15) is 0 Å². The highest BCUT2D eigenvalue weighted by atomic mass is 16.4. The molecule has 0 bridgehead atoms. The van der Waals surface area contributed by atoms with E-state index in [4.69, 9.17) is 0 Å². The number of fused-ring (bicyclic) bond motifs is 1. The van der Waals surface area contributed by atoms with E-state index in [0.29, 0.717) is 5.56 Å². The molecule has 0 amide bonds. The Morgan fingerprint density at radius 3 is 2.53 bits per heavy atom. The lowest BCUT2D eigenvalue weighted by molar-refractivity contribution is 0.0696. The van der Waals surface area contributed by atoms with Gasteiger partial charge in [-0.25, -0.2) is 4.79 Å². The average Bonchev–Trinajstić information content (AvgIpc) is 2.73. The molecule has 19 heavy (non-hydrogen) atoms. The Hall–Kier alpha value is -1.77. The third kappa shape index (κ3) is 2.14. The minimum absolute atomic E-state index is 0.427. The molecule has 0 aliphatic heterocycles. The maximum atomic E-state index is 11.4. The van der Waals surface area contributed by atoms with E-state index in [1.165, 1.54) is 11.1 Å². The van der Waals surface area contributed by atoms with Crippen LogP contribution < -0.4 is 0 Å². The number of aromatic carboxylic acids is 1. The lowest BCUT2D eigenvalue weighted by atomic mass is 9.97. The predicted molar refractivity (Wildman–Crippen MR) is 78.0 cm³/mol. The first kappa shape index (κ1) is 13.7. The van der Waals surface area contributed by atoms with Crippen LogP contribution in [0.25, 0.3) is 10.9 Å². The first-order valence-corrected chi connectivity index (χ1v) is 6.86. The molecular weight excluding hydrogens is 238 g/mol. The topological polar surface area (TPSA) is 42.2 Å². The second kappa shape index (κ2) is 5.08. The number of hydrogen-bond donors (Lipinski definition) is 1. The molecule has 0 radical (unpaired) electrons. The van der Waals surface area contributed by atoms with Crippen molar-refractivity contribution in [3.63, 3.8) is 0 Å². The normalized spacial score (nSPS) is 11.2. The number of benzene rings is 1. The van der Waals surface area contributed by atoms with Gasteiger partial charge in [-0.15, -0.1) is 0 Å². The van der Waals surface area contributed by atoms with E-state index in [0.717, 1.165) is 35.9 Å². The molecule has 2 rings (SSSR count). The molecule has 2 aromatic rings. The minimum atomic E-state index is -0.839. The molecule has 0 fully saturated rings. The fourth-order valence-electron chi connectivity index (χ4n) is 2.91. The Morgan fingerprint density at radius 2 is 2.00 bits per heavy atom. The monoisotopic (exact) mass is 259 g/mol. The molecule has 0 aliphatic rings. The fourth-order valence-corrected chi connectivity index (χ4v) is 2.91. The molecule has 3 heteroatoms. The van der Waals surface area contributed by atoms with Crippen LogP contribution in [0.4, 0.5) is 0 Å². The number of hydrogen-bond acceptors (Lipinski definition) is 1. The van der Waals surface area contributed by atoms with Crippen molar-refractivity contribution in [1.29, 1.82) is 0 Å². The molecule has 0 spiro atoms. The number of aromatic nitrogens is 1. The van der Waals surface area contributed by atoms with E-state index in [1.54, 1.807) is 6.07 Å². The van der Waals surface area contributed by atoms with Crippen LogP contribution in [0.1, 0.15) is 47.3 Å². The SMILES string of the molecule is CCCc1cn(CC)c2c(C)cc(C(=O)O)c(C)c12. The van der Waals surface area contributed by atoms with E-state index in [1.807, 2.05) is 13.8 Å². The van der Waals surface area contributed by atoms with E-state index in [-0.39, 0.29) is 0 Å². The Morgan fingerprint density at radius 1 is 1.32 bits per heavy atom. The van der Waals surface area contributed by atoms with Crippen LogP contribution in [0.3, 0.4) is 0 Å². The lowest BCUT2D eigenvalue weighted by Gasteiger charge is -2.10. The number of carboxylic acids is 1. The van der Waals surface area contributed by atoms with Gasteiger partial charge in [0.15, 0.2) is 0 Å². The summed E-state index contributed by atoms with van der Waals surface area (Å²) in [5.74, 6) is -0.839. The van der Waals surface area contributed by atoms with Crippen molar-refractivity contribution >= 4 is 16.9 Å². The molecule has 1 aromatic heterocycles. The zero-order valence-corrected chi connectivity index (χ0v) is 12.1. The minimum Gasteiger partial charge on any atom is -0.478 e. The van der Waals surface area contributed by atoms with E-state index in [9.17, 15) is 9.90 Å². The lowest BCUT2D eigenvalue weighted by Crippen LogP contribution is -2.03. The second-order valence-corrected chi connectivity index (χ2v) is 5.09. The van der Waals surface area contributed by atoms with Crippen molar-refractivity contribution in [2.45, 2.75) is 47.1 Å². The standard InChI is InChI=1S/C16H21NO2/c1-5-7-12-9-17(6-2)15-10(3)8-13(16(18)19)11(4)14(12)15/h8-9H,5-7H2,1-4H3,(H,18,19). The predicted octanol–water partition coefficient (Wildman–Crippen LogP) is 3.93. The van der Waals surface area contributed by atoms with Crippen molar-refractivity contribution in [1.82, 2.24) is 4.57 Å². The number of carbonyl (C=O) groups is 1. The third-order valence-corrected chi connectivity index (χ3v) is 3.76. The van der Waals surface area contributed by atoms with Crippen LogP contribution >= 0.6 is 0 Å². The van der Waals surface area contributed by atoms with E-state index in [2.05, 4.69) is 24.6 Å². The maximum absolute atomic E-state index is 11.4. The average molecular weight is 259 g/mol. The molecule has 1 heterocycles. The van der Waals surface area contributed by atoms with E-state index >= 15 is 0 Å². The van der Waals surface area contributed by atoms with Crippen molar-refractivity contribution in [3.05, 3.63) is 34.5 Å². The van der Waals surface area contributed by atoms with Gasteiger partial charge in [0, 0.05) is 18.1 Å². The van der Waals surface area contributed by atoms with Crippen molar-refractivity contribution in [3.8, 4) is 0 Å². The van der Waals surface area contributed by atoms with Crippen molar-refractivity contribution in [2.75, 3.05) is 0 Å². The molecule has 0 saturated carbocycles. The first-order chi connectivity index (χ1) is 9.01. The molecule has 0 aliphatic carbocycles. The van der Waals surface area contributed by atoms with Gasteiger partial charge in [0.25, 0.3) is 0 Å². The summed E-state index contributed by atoms with van der Waals surface area (Å²) in [5.41, 5.74) is 4.82. The quantitative estimate of drug-likeness (QED) is 0.904. The molecule has 102 valence electrons. The largest absolute Gasteiger partial charge is 0.478 e. The number of rotatable bonds is 4. The number of nitrogens with zero attached hydrogens (tertiary/aromatic N) is 1. The van der Waals surface area contributed by atoms with Crippen molar-refractivity contribution < 1.29 is 9.90 Å². The number of carboxylic acid groups (broad SMARTS) is 1. The molecule has 0 unspecified atom stereocenters. The first-order valence-electron chi connectivity index (χ1n) is 6.86. The summed E-state index contributed by atoms with van der Waals surface area (Å²) in [6.45, 7) is 9.10. The smallest absolute Gasteiger partial charge is 0.335 e. The Labute approximate surface area is 113 Å². The van der Waals surface area contributed by atoms with Crippen LogP contribution in [-0.2, 0) is 13.0 Å². The summed E-state index contributed by atoms with van der Waals surface area (Å²) >= 11 is 0. The van der Waals surface area contributed by atoms with Gasteiger partial charge in [-0.1, -0.05) is 13.3 Å². The van der Waals surface area contributed by atoms with Crippen LogP contribution in [0.2, 0.25) is 0 Å². The zero-order chi connectivity index (χ0) is 14.2. The highest BCUT2D eigenvalue weighted by molar-refractivity contribution is 5.99. The fraction of sp³-hybridized carbons (Fsp3) is 0.438. The van der Waals surface area contributed by atoms with Gasteiger partial charge in [-0.2, -0.15) is 0 Å². The molecule has 0 saturated heterocycles. The van der Waals surface area contributed by atoms with Crippen LogP contribution in [0, 0.1) is 13.8 Å². The molecule has 1 aromatic carbocycles. The van der Waals surface area contributed by atoms with Gasteiger partial charge < -0.3 is 9.67 Å². The van der Waals surface area contributed by atoms with Crippen molar-refractivity contribution in [2.24, 2.45) is 0 Å². The van der Waals surface area contributed by atoms with Gasteiger partial charge in [0.2, 0.25) is 0 Å². The summed E-state index contributed by atoms with van der Waals surface area (Å²) in [4.78, 5) is 11.4.